The number of hydrogen-bond acceptors (Lipinski definition) is 3. The molecule has 0 radical (unpaired) electrons. The van der Waals surface area contributed by atoms with Gasteiger partial charge in [-0.25, -0.2) is 4.79 Å². The summed E-state index contributed by atoms with van der Waals surface area (Å²) in [5, 5.41) is 1.04. The first-order chi connectivity index (χ1) is 13.1. The van der Waals surface area contributed by atoms with Crippen LogP contribution >= 0.6 is 0 Å². The highest BCUT2D eigenvalue weighted by Crippen LogP contribution is 2.33. The monoisotopic (exact) mass is 364 g/mol. The smallest absolute Gasteiger partial charge is 0.336 e. The van der Waals surface area contributed by atoms with Crippen molar-refractivity contribution in [3.63, 3.8) is 0 Å². The van der Waals surface area contributed by atoms with Crippen LogP contribution in [0.1, 0.15) is 42.0 Å². The van der Waals surface area contributed by atoms with E-state index in [-0.39, 0.29) is 5.63 Å². The highest BCUT2D eigenvalue weighted by atomic mass is 16.5. The maximum atomic E-state index is 11.9. The molecule has 0 spiro atoms. The van der Waals surface area contributed by atoms with Crippen LogP contribution in [0, 0.1) is 6.92 Å². The number of hydrogen-bond donors (Lipinski definition) is 1. The van der Waals surface area contributed by atoms with E-state index in [1.54, 1.807) is 6.07 Å². The van der Waals surface area contributed by atoms with Crippen LogP contribution in [0.3, 0.4) is 0 Å². The third-order valence-corrected chi connectivity index (χ3v) is 5.58. The summed E-state index contributed by atoms with van der Waals surface area (Å²) >= 11 is 0. The van der Waals surface area contributed by atoms with Crippen LogP contribution in [0.5, 0.6) is 5.75 Å². The van der Waals surface area contributed by atoms with Crippen molar-refractivity contribution >= 4 is 11.0 Å². The summed E-state index contributed by atoms with van der Waals surface area (Å²) in [6, 6.07) is 14.4. The molecule has 3 aromatic rings. The first-order valence-electron chi connectivity index (χ1n) is 9.67. The summed E-state index contributed by atoms with van der Waals surface area (Å²) in [5.74, 6) is 1.35. The van der Waals surface area contributed by atoms with Crippen LogP contribution in [0.2, 0.25) is 0 Å². The highest BCUT2D eigenvalue weighted by molar-refractivity contribution is 5.86. The van der Waals surface area contributed by atoms with Crippen molar-refractivity contribution in [1.82, 2.24) is 0 Å². The standard InChI is InChI=1S/C23H25NO3/c1-4-17-11-21(25)27-23-16(3)22-19(10-20(17)23)13-24(14-26-22)12-15(2)18-8-6-5-7-9-18/h5-11,15H,4,12-14H2,1-3H3/p+1/t15-/m1/s1. The second kappa shape index (κ2) is 7.20. The van der Waals surface area contributed by atoms with Crippen LogP contribution in [0.4, 0.5) is 0 Å². The molecule has 2 heterocycles. The van der Waals surface area contributed by atoms with Crippen molar-refractivity contribution in [2.45, 2.75) is 39.7 Å². The van der Waals surface area contributed by atoms with E-state index < -0.39 is 0 Å². The molecule has 4 rings (SSSR count). The summed E-state index contributed by atoms with van der Waals surface area (Å²) in [4.78, 5) is 13.3. The van der Waals surface area contributed by atoms with Crippen molar-refractivity contribution in [3.8, 4) is 5.75 Å². The molecule has 2 atom stereocenters. The van der Waals surface area contributed by atoms with Crippen LogP contribution < -0.4 is 15.3 Å². The van der Waals surface area contributed by atoms with Gasteiger partial charge in [0.1, 0.15) is 17.9 Å². The largest absolute Gasteiger partial charge is 0.444 e. The SMILES string of the molecule is CCc1cc(=O)oc2c(C)c3c(cc12)C[NH+](C[C@@H](C)c1ccccc1)CO3. The molecular weight excluding hydrogens is 338 g/mol. The Morgan fingerprint density at radius 2 is 1.96 bits per heavy atom. The zero-order valence-corrected chi connectivity index (χ0v) is 16.2. The predicted octanol–water partition coefficient (Wildman–Crippen LogP) is 3.20. The van der Waals surface area contributed by atoms with E-state index in [1.165, 1.54) is 16.0 Å². The van der Waals surface area contributed by atoms with Gasteiger partial charge in [-0.3, -0.25) is 4.90 Å². The topological polar surface area (TPSA) is 43.9 Å². The predicted molar refractivity (Wildman–Crippen MR) is 106 cm³/mol. The molecule has 0 saturated carbocycles. The van der Waals surface area contributed by atoms with Gasteiger partial charge in [-0.15, -0.1) is 0 Å². The van der Waals surface area contributed by atoms with Gasteiger partial charge in [0.25, 0.3) is 0 Å². The minimum atomic E-state index is -0.290. The number of ether oxygens (including phenoxy) is 1. The summed E-state index contributed by atoms with van der Waals surface area (Å²) in [6.45, 7) is 8.90. The van der Waals surface area contributed by atoms with E-state index in [0.717, 1.165) is 41.8 Å². The fourth-order valence-corrected chi connectivity index (χ4v) is 4.15. The summed E-state index contributed by atoms with van der Waals surface area (Å²) < 4.78 is 11.6. The highest BCUT2D eigenvalue weighted by Gasteiger charge is 2.26. The quantitative estimate of drug-likeness (QED) is 0.723. The Morgan fingerprint density at radius 3 is 2.70 bits per heavy atom. The van der Waals surface area contributed by atoms with E-state index >= 15 is 0 Å². The average molecular weight is 364 g/mol. The Kier molecular flexibility index (Phi) is 4.75. The first kappa shape index (κ1) is 17.8. The molecule has 0 bridgehead atoms. The van der Waals surface area contributed by atoms with Gasteiger partial charge in [-0.05, 0) is 30.5 Å². The summed E-state index contributed by atoms with van der Waals surface area (Å²) in [7, 11) is 0. The van der Waals surface area contributed by atoms with Gasteiger partial charge in [0.2, 0.25) is 6.73 Å². The van der Waals surface area contributed by atoms with E-state index in [4.69, 9.17) is 9.15 Å². The van der Waals surface area contributed by atoms with Gasteiger partial charge in [-0.1, -0.05) is 44.2 Å². The lowest BCUT2D eigenvalue weighted by molar-refractivity contribution is -0.933. The molecule has 1 N–H and O–H groups in total. The Bertz CT molecular complexity index is 1020. The maximum Gasteiger partial charge on any atom is 0.336 e. The van der Waals surface area contributed by atoms with Crippen molar-refractivity contribution in [1.29, 1.82) is 0 Å². The summed E-state index contributed by atoms with van der Waals surface area (Å²) in [6.07, 6.45) is 0.808. The van der Waals surface area contributed by atoms with Gasteiger partial charge in [-0.2, -0.15) is 0 Å². The number of quaternary nitrogens is 1. The molecule has 2 aromatic carbocycles. The Labute approximate surface area is 159 Å². The van der Waals surface area contributed by atoms with E-state index in [2.05, 4.69) is 50.2 Å². The summed E-state index contributed by atoms with van der Waals surface area (Å²) in [5.41, 5.74) is 4.91. The fourth-order valence-electron chi connectivity index (χ4n) is 4.15. The van der Waals surface area contributed by atoms with Gasteiger partial charge in [0, 0.05) is 28.5 Å². The molecule has 27 heavy (non-hydrogen) atoms. The van der Waals surface area contributed by atoms with E-state index in [9.17, 15) is 4.79 Å². The molecule has 4 nitrogen and oxygen atoms in total. The molecule has 1 aliphatic heterocycles. The Balaban J connectivity index is 1.65. The molecule has 0 aliphatic carbocycles. The number of nitrogens with one attached hydrogen (secondary N) is 1. The number of fused-ring (bicyclic) bond motifs is 2. The average Bonchev–Trinajstić information content (AvgIpc) is 2.69. The van der Waals surface area contributed by atoms with Crippen LogP contribution in [0.15, 0.2) is 51.7 Å². The maximum absolute atomic E-state index is 11.9. The third kappa shape index (κ3) is 3.37. The molecule has 1 aliphatic rings. The lowest BCUT2D eigenvalue weighted by Crippen LogP contribution is -3.12. The zero-order valence-electron chi connectivity index (χ0n) is 16.2. The fraction of sp³-hybridized carbons (Fsp3) is 0.348. The molecule has 0 amide bonds. The number of aryl methyl sites for hydroxylation is 2. The first-order valence-corrected chi connectivity index (χ1v) is 9.67. The van der Waals surface area contributed by atoms with Gasteiger partial charge < -0.3 is 9.15 Å². The molecule has 1 unspecified atom stereocenters. The van der Waals surface area contributed by atoms with Crippen LogP contribution in [-0.2, 0) is 13.0 Å². The Morgan fingerprint density at radius 1 is 1.19 bits per heavy atom. The minimum Gasteiger partial charge on any atom is -0.444 e. The Hall–Kier alpha value is -2.59. The molecule has 0 fully saturated rings. The molecule has 140 valence electrons. The number of benzene rings is 2. The number of rotatable bonds is 4. The minimum absolute atomic E-state index is 0.290. The van der Waals surface area contributed by atoms with Crippen molar-refractivity contribution in [2.24, 2.45) is 0 Å². The lowest BCUT2D eigenvalue weighted by Gasteiger charge is -2.29. The zero-order chi connectivity index (χ0) is 19.0. The van der Waals surface area contributed by atoms with Gasteiger partial charge in [0.05, 0.1) is 6.54 Å². The van der Waals surface area contributed by atoms with Crippen LogP contribution in [0.25, 0.3) is 11.0 Å². The second-order valence-electron chi connectivity index (χ2n) is 7.54. The van der Waals surface area contributed by atoms with Gasteiger partial charge in [0.15, 0.2) is 0 Å². The molecular formula is C23H26NO3+. The van der Waals surface area contributed by atoms with E-state index in [1.807, 2.05) is 6.92 Å². The van der Waals surface area contributed by atoms with Crippen LogP contribution in [-0.4, -0.2) is 13.3 Å². The van der Waals surface area contributed by atoms with Crippen molar-refractivity contribution < 1.29 is 14.1 Å². The molecule has 1 aromatic heterocycles. The van der Waals surface area contributed by atoms with Gasteiger partial charge >= 0.3 is 5.63 Å². The van der Waals surface area contributed by atoms with Crippen molar-refractivity contribution in [3.05, 3.63) is 75.1 Å². The lowest BCUT2D eigenvalue weighted by atomic mass is 9.98. The normalized spacial score (nSPS) is 17.4. The third-order valence-electron chi connectivity index (χ3n) is 5.58. The molecule has 0 saturated heterocycles. The second-order valence-corrected chi connectivity index (χ2v) is 7.54. The molecule has 4 heteroatoms. The van der Waals surface area contributed by atoms with E-state index in [0.29, 0.717) is 18.2 Å². The van der Waals surface area contributed by atoms with Crippen molar-refractivity contribution in [2.75, 3.05) is 13.3 Å².